The van der Waals surface area contributed by atoms with Crippen LogP contribution >= 0.6 is 0 Å². The molecule has 1 heterocycles. The van der Waals surface area contributed by atoms with Gasteiger partial charge in [-0.25, -0.2) is 0 Å². The zero-order chi connectivity index (χ0) is 12.8. The first-order valence-electron chi connectivity index (χ1n) is 7.34. The second-order valence-corrected chi connectivity index (χ2v) is 5.35. The number of likely N-dealkylation sites (tertiary alicyclic amines) is 1. The van der Waals surface area contributed by atoms with Crippen molar-refractivity contribution >= 4 is 0 Å². The van der Waals surface area contributed by atoms with Crippen molar-refractivity contribution in [3.63, 3.8) is 0 Å². The molecule has 1 aliphatic rings. The summed E-state index contributed by atoms with van der Waals surface area (Å²) in [6.45, 7) is 6.68. The van der Waals surface area contributed by atoms with Gasteiger partial charge in [0.15, 0.2) is 0 Å². The van der Waals surface area contributed by atoms with E-state index in [0.717, 1.165) is 25.3 Å². The molecule has 0 amide bonds. The van der Waals surface area contributed by atoms with Crippen LogP contribution in [0.15, 0.2) is 24.3 Å². The summed E-state index contributed by atoms with van der Waals surface area (Å²) in [7, 11) is 0. The molecule has 2 nitrogen and oxygen atoms in total. The highest BCUT2D eigenvalue weighted by molar-refractivity contribution is 5.25. The molecule has 0 aliphatic carbocycles. The van der Waals surface area contributed by atoms with Gasteiger partial charge in [-0.15, -0.1) is 0 Å². The zero-order valence-corrected chi connectivity index (χ0v) is 11.6. The molecule has 1 saturated heterocycles. The Morgan fingerprint density at radius 1 is 1.17 bits per heavy atom. The Bertz CT molecular complexity index is 337. The van der Waals surface area contributed by atoms with Crippen molar-refractivity contribution in [2.75, 3.05) is 26.2 Å². The number of hydrogen-bond acceptors (Lipinski definition) is 2. The number of piperidine rings is 1. The molecule has 0 spiro atoms. The van der Waals surface area contributed by atoms with Crippen LogP contribution in [0.5, 0.6) is 0 Å². The summed E-state index contributed by atoms with van der Waals surface area (Å²) in [6, 6.07) is 9.24. The van der Waals surface area contributed by atoms with E-state index in [4.69, 9.17) is 5.73 Å². The third-order valence-electron chi connectivity index (χ3n) is 4.13. The summed E-state index contributed by atoms with van der Waals surface area (Å²) in [5.41, 5.74) is 8.54. The van der Waals surface area contributed by atoms with Crippen LogP contribution < -0.4 is 5.73 Å². The molecule has 2 heteroatoms. The number of aryl methyl sites for hydroxylation is 1. The summed E-state index contributed by atoms with van der Waals surface area (Å²) < 4.78 is 0. The first-order valence-corrected chi connectivity index (χ1v) is 7.34. The molecule has 100 valence electrons. The first kappa shape index (κ1) is 13.6. The van der Waals surface area contributed by atoms with Crippen LogP contribution in [0.4, 0.5) is 0 Å². The summed E-state index contributed by atoms with van der Waals surface area (Å²) in [5, 5.41) is 0. The molecule has 1 fully saturated rings. The van der Waals surface area contributed by atoms with Crippen molar-refractivity contribution < 1.29 is 0 Å². The Labute approximate surface area is 111 Å². The predicted octanol–water partition coefficient (Wildman–Crippen LogP) is 2.78. The fourth-order valence-electron chi connectivity index (χ4n) is 2.83. The van der Waals surface area contributed by atoms with Gasteiger partial charge in [0.1, 0.15) is 0 Å². The monoisotopic (exact) mass is 246 g/mol. The zero-order valence-electron chi connectivity index (χ0n) is 11.6. The molecule has 1 aromatic carbocycles. The highest BCUT2D eigenvalue weighted by atomic mass is 15.1. The van der Waals surface area contributed by atoms with E-state index in [1.807, 2.05) is 0 Å². The van der Waals surface area contributed by atoms with Crippen LogP contribution in [0.2, 0.25) is 0 Å². The average molecular weight is 246 g/mol. The van der Waals surface area contributed by atoms with Gasteiger partial charge >= 0.3 is 0 Å². The van der Waals surface area contributed by atoms with Gasteiger partial charge in [0, 0.05) is 0 Å². The van der Waals surface area contributed by atoms with Crippen molar-refractivity contribution in [1.29, 1.82) is 0 Å². The van der Waals surface area contributed by atoms with E-state index in [1.54, 1.807) is 0 Å². The van der Waals surface area contributed by atoms with Crippen LogP contribution in [-0.4, -0.2) is 31.1 Å². The van der Waals surface area contributed by atoms with E-state index in [9.17, 15) is 0 Å². The molecular formula is C16H26N2. The van der Waals surface area contributed by atoms with Gasteiger partial charge in [-0.2, -0.15) is 0 Å². The fraction of sp³-hybridized carbons (Fsp3) is 0.625. The van der Waals surface area contributed by atoms with Crippen LogP contribution in [-0.2, 0) is 6.42 Å². The lowest BCUT2D eigenvalue weighted by Crippen LogP contribution is -2.34. The minimum atomic E-state index is 0.769. The van der Waals surface area contributed by atoms with Crippen molar-refractivity contribution in [1.82, 2.24) is 4.90 Å². The van der Waals surface area contributed by atoms with Crippen molar-refractivity contribution in [3.05, 3.63) is 35.4 Å². The second-order valence-electron chi connectivity index (χ2n) is 5.35. The second kappa shape index (κ2) is 6.91. The van der Waals surface area contributed by atoms with Gasteiger partial charge in [0.05, 0.1) is 0 Å². The summed E-state index contributed by atoms with van der Waals surface area (Å²) in [4.78, 5) is 2.56. The molecule has 0 bridgehead atoms. The Balaban J connectivity index is 1.84. The SMILES string of the molecule is CCc1ccc(C2CCN(CCCN)CC2)cc1. The Morgan fingerprint density at radius 3 is 2.39 bits per heavy atom. The maximum absolute atomic E-state index is 5.56. The summed E-state index contributed by atoms with van der Waals surface area (Å²) in [6.07, 6.45) is 4.87. The van der Waals surface area contributed by atoms with Gasteiger partial charge in [0.25, 0.3) is 0 Å². The standard InChI is InChI=1S/C16H26N2/c1-2-14-4-6-15(7-5-14)16-8-12-18(13-9-16)11-3-10-17/h4-7,16H,2-3,8-13,17H2,1H3. The number of benzene rings is 1. The lowest BCUT2D eigenvalue weighted by atomic mass is 9.89. The highest BCUT2D eigenvalue weighted by Crippen LogP contribution is 2.28. The lowest BCUT2D eigenvalue weighted by molar-refractivity contribution is 0.211. The van der Waals surface area contributed by atoms with Crippen LogP contribution in [0.3, 0.4) is 0 Å². The van der Waals surface area contributed by atoms with E-state index in [2.05, 4.69) is 36.1 Å². The molecule has 2 N–H and O–H groups in total. The molecule has 0 saturated carbocycles. The number of nitrogens with two attached hydrogens (primary N) is 1. The van der Waals surface area contributed by atoms with E-state index >= 15 is 0 Å². The molecule has 2 rings (SSSR count). The fourth-order valence-corrected chi connectivity index (χ4v) is 2.83. The van der Waals surface area contributed by atoms with Gasteiger partial charge in [-0.05, 0) is 68.9 Å². The quantitative estimate of drug-likeness (QED) is 0.865. The van der Waals surface area contributed by atoms with E-state index in [-0.39, 0.29) is 0 Å². The third kappa shape index (κ3) is 3.56. The molecular weight excluding hydrogens is 220 g/mol. The minimum absolute atomic E-state index is 0.769. The van der Waals surface area contributed by atoms with Crippen LogP contribution in [0.1, 0.15) is 43.2 Å². The van der Waals surface area contributed by atoms with Crippen molar-refractivity contribution in [2.45, 2.75) is 38.5 Å². The van der Waals surface area contributed by atoms with Gasteiger partial charge in [-0.3, -0.25) is 0 Å². The normalized spacial score (nSPS) is 18.1. The van der Waals surface area contributed by atoms with E-state index in [1.165, 1.54) is 43.6 Å². The maximum Gasteiger partial charge on any atom is -0.000671 e. The van der Waals surface area contributed by atoms with Crippen molar-refractivity contribution in [3.8, 4) is 0 Å². The van der Waals surface area contributed by atoms with Gasteiger partial charge in [0.2, 0.25) is 0 Å². The number of hydrogen-bond donors (Lipinski definition) is 1. The number of rotatable bonds is 5. The summed E-state index contributed by atoms with van der Waals surface area (Å²) >= 11 is 0. The third-order valence-corrected chi connectivity index (χ3v) is 4.13. The molecule has 18 heavy (non-hydrogen) atoms. The molecule has 0 radical (unpaired) electrons. The topological polar surface area (TPSA) is 29.3 Å². The van der Waals surface area contributed by atoms with Crippen molar-refractivity contribution in [2.24, 2.45) is 5.73 Å². The Kier molecular flexibility index (Phi) is 5.21. The molecule has 0 unspecified atom stereocenters. The maximum atomic E-state index is 5.56. The van der Waals surface area contributed by atoms with Crippen LogP contribution in [0.25, 0.3) is 0 Å². The predicted molar refractivity (Wildman–Crippen MR) is 77.9 cm³/mol. The minimum Gasteiger partial charge on any atom is -0.330 e. The Morgan fingerprint density at radius 2 is 1.83 bits per heavy atom. The average Bonchev–Trinajstić information content (AvgIpc) is 2.46. The highest BCUT2D eigenvalue weighted by Gasteiger charge is 2.19. The van der Waals surface area contributed by atoms with Crippen LogP contribution in [0, 0.1) is 0 Å². The molecule has 0 aromatic heterocycles. The Hall–Kier alpha value is -0.860. The molecule has 1 aliphatic heterocycles. The molecule has 1 aromatic rings. The van der Waals surface area contributed by atoms with Gasteiger partial charge < -0.3 is 10.6 Å². The number of nitrogens with zero attached hydrogens (tertiary/aromatic N) is 1. The lowest BCUT2D eigenvalue weighted by Gasteiger charge is -2.32. The largest absolute Gasteiger partial charge is 0.330 e. The van der Waals surface area contributed by atoms with E-state index < -0.39 is 0 Å². The smallest absolute Gasteiger partial charge is 0.000671 e. The summed E-state index contributed by atoms with van der Waals surface area (Å²) in [5.74, 6) is 0.769. The first-order chi connectivity index (χ1) is 8.83. The molecule has 0 atom stereocenters. The van der Waals surface area contributed by atoms with Gasteiger partial charge in [-0.1, -0.05) is 31.2 Å². The van der Waals surface area contributed by atoms with E-state index in [0.29, 0.717) is 0 Å².